The largest absolute Gasteiger partial charge is 0.494 e. The molecular weight excluding hydrogens is 253 g/mol. The van der Waals surface area contributed by atoms with E-state index in [2.05, 4.69) is 26.1 Å². The molecule has 2 aliphatic carbocycles. The molecule has 2 aliphatic rings. The summed E-state index contributed by atoms with van der Waals surface area (Å²) in [6.07, 6.45) is 3.90. The second-order valence-electron chi connectivity index (χ2n) is 7.34. The zero-order chi connectivity index (χ0) is 14.5. The Balaban J connectivity index is 1.86. The fraction of sp³-hybridized carbons (Fsp3) is 0.647. The van der Waals surface area contributed by atoms with E-state index < -0.39 is 0 Å². The lowest BCUT2D eigenvalue weighted by Gasteiger charge is -2.43. The third-order valence-corrected chi connectivity index (χ3v) is 5.73. The van der Waals surface area contributed by atoms with Gasteiger partial charge in [-0.3, -0.25) is 0 Å². The Morgan fingerprint density at radius 1 is 1.30 bits per heavy atom. The number of nitrogens with one attached hydrogen (secondary N) is 1. The van der Waals surface area contributed by atoms with Crippen LogP contribution >= 0.6 is 0 Å². The fourth-order valence-corrected chi connectivity index (χ4v) is 4.59. The molecule has 2 nitrogen and oxygen atoms in total. The summed E-state index contributed by atoms with van der Waals surface area (Å²) in [6, 6.07) is 5.55. The molecule has 1 aromatic rings. The van der Waals surface area contributed by atoms with Crippen molar-refractivity contribution in [3.05, 3.63) is 24.0 Å². The van der Waals surface area contributed by atoms with Gasteiger partial charge in [-0.2, -0.15) is 0 Å². The lowest BCUT2D eigenvalue weighted by molar-refractivity contribution is 0.155. The van der Waals surface area contributed by atoms with Gasteiger partial charge in [0.15, 0.2) is 11.6 Å². The Morgan fingerprint density at radius 2 is 2.05 bits per heavy atom. The van der Waals surface area contributed by atoms with E-state index in [0.717, 1.165) is 11.6 Å². The van der Waals surface area contributed by atoms with Crippen molar-refractivity contribution in [2.75, 3.05) is 12.4 Å². The van der Waals surface area contributed by atoms with Crippen LogP contribution in [0.25, 0.3) is 0 Å². The van der Waals surface area contributed by atoms with Crippen LogP contribution in [-0.4, -0.2) is 13.2 Å². The van der Waals surface area contributed by atoms with Gasteiger partial charge < -0.3 is 10.1 Å². The van der Waals surface area contributed by atoms with Crippen LogP contribution in [0, 0.1) is 22.6 Å². The molecule has 0 amide bonds. The average Bonchev–Trinajstić information content (AvgIpc) is 2.86. The summed E-state index contributed by atoms with van der Waals surface area (Å²) < 4.78 is 18.8. The lowest BCUT2D eigenvalue weighted by atomic mass is 9.68. The van der Waals surface area contributed by atoms with Crippen LogP contribution in [0.5, 0.6) is 5.75 Å². The normalized spacial score (nSPS) is 34.2. The summed E-state index contributed by atoms with van der Waals surface area (Å²) >= 11 is 0. The van der Waals surface area contributed by atoms with Gasteiger partial charge in [-0.1, -0.05) is 20.8 Å². The van der Waals surface area contributed by atoms with Crippen LogP contribution in [0.3, 0.4) is 0 Å². The molecule has 3 heteroatoms. The number of hydrogen-bond donors (Lipinski definition) is 1. The number of rotatable bonds is 3. The third-order valence-electron chi connectivity index (χ3n) is 5.73. The molecule has 20 heavy (non-hydrogen) atoms. The molecule has 2 fully saturated rings. The number of halogens is 1. The summed E-state index contributed by atoms with van der Waals surface area (Å²) in [5.41, 5.74) is 1.46. The van der Waals surface area contributed by atoms with E-state index in [4.69, 9.17) is 4.74 Å². The van der Waals surface area contributed by atoms with Crippen LogP contribution in [0.15, 0.2) is 18.2 Å². The Morgan fingerprint density at radius 3 is 2.60 bits per heavy atom. The first-order valence-electron chi connectivity index (χ1n) is 7.47. The highest BCUT2D eigenvalue weighted by Crippen LogP contribution is 2.63. The van der Waals surface area contributed by atoms with Crippen molar-refractivity contribution in [1.82, 2.24) is 0 Å². The maximum atomic E-state index is 13.8. The molecule has 1 N–H and O–H groups in total. The van der Waals surface area contributed by atoms with E-state index in [9.17, 15) is 4.39 Å². The number of benzene rings is 1. The highest BCUT2D eigenvalue weighted by molar-refractivity contribution is 5.49. The SMILES string of the molecule is COc1ccc(NC2C3(C)CCC(C3)C2(C)C)cc1F. The first-order chi connectivity index (χ1) is 9.37. The van der Waals surface area contributed by atoms with Crippen molar-refractivity contribution in [3.8, 4) is 5.75 Å². The van der Waals surface area contributed by atoms with Crippen molar-refractivity contribution in [2.45, 2.75) is 46.1 Å². The smallest absolute Gasteiger partial charge is 0.167 e. The minimum atomic E-state index is -0.302. The molecule has 3 unspecified atom stereocenters. The minimum Gasteiger partial charge on any atom is -0.494 e. The van der Waals surface area contributed by atoms with Crippen molar-refractivity contribution < 1.29 is 9.13 Å². The Labute approximate surface area is 120 Å². The van der Waals surface area contributed by atoms with Crippen molar-refractivity contribution in [2.24, 2.45) is 16.7 Å². The molecule has 2 saturated carbocycles. The Hall–Kier alpha value is -1.25. The molecule has 0 spiro atoms. The summed E-state index contributed by atoms with van der Waals surface area (Å²) in [5.74, 6) is 0.783. The highest BCUT2D eigenvalue weighted by atomic mass is 19.1. The van der Waals surface area contributed by atoms with Crippen molar-refractivity contribution in [1.29, 1.82) is 0 Å². The molecule has 1 aromatic carbocycles. The lowest BCUT2D eigenvalue weighted by Crippen LogP contribution is -2.45. The highest BCUT2D eigenvalue weighted by Gasteiger charge is 2.59. The monoisotopic (exact) mass is 277 g/mol. The molecule has 2 bridgehead atoms. The molecule has 0 aliphatic heterocycles. The number of anilines is 1. The predicted octanol–water partition coefficient (Wildman–Crippen LogP) is 4.46. The average molecular weight is 277 g/mol. The van der Waals surface area contributed by atoms with E-state index in [1.165, 1.54) is 26.4 Å². The maximum absolute atomic E-state index is 13.8. The first-order valence-corrected chi connectivity index (χ1v) is 7.47. The summed E-state index contributed by atoms with van der Waals surface area (Å²) in [7, 11) is 1.49. The molecule has 0 radical (unpaired) electrons. The molecule has 110 valence electrons. The minimum absolute atomic E-state index is 0.267. The number of fused-ring (bicyclic) bond motifs is 2. The van der Waals surface area contributed by atoms with Crippen LogP contribution in [0.4, 0.5) is 10.1 Å². The molecule has 3 rings (SSSR count). The Bertz CT molecular complexity index is 523. The maximum Gasteiger partial charge on any atom is 0.167 e. The van der Waals surface area contributed by atoms with E-state index in [1.54, 1.807) is 12.1 Å². The first kappa shape index (κ1) is 13.7. The molecular formula is C17H24FNO. The van der Waals surface area contributed by atoms with Gasteiger partial charge in [0.05, 0.1) is 7.11 Å². The van der Waals surface area contributed by atoms with Gasteiger partial charge >= 0.3 is 0 Å². The molecule has 0 heterocycles. The summed E-state index contributed by atoms with van der Waals surface area (Å²) in [4.78, 5) is 0. The fourth-order valence-electron chi connectivity index (χ4n) is 4.59. The molecule has 3 atom stereocenters. The van der Waals surface area contributed by atoms with Crippen LogP contribution in [-0.2, 0) is 0 Å². The topological polar surface area (TPSA) is 21.3 Å². The van der Waals surface area contributed by atoms with Crippen molar-refractivity contribution >= 4 is 5.69 Å². The van der Waals surface area contributed by atoms with Crippen LogP contribution < -0.4 is 10.1 Å². The van der Waals surface area contributed by atoms with Gasteiger partial charge in [0.25, 0.3) is 0 Å². The van der Waals surface area contributed by atoms with Crippen LogP contribution in [0.2, 0.25) is 0 Å². The number of ether oxygens (including phenoxy) is 1. The van der Waals surface area contributed by atoms with Gasteiger partial charge in [-0.15, -0.1) is 0 Å². The zero-order valence-electron chi connectivity index (χ0n) is 12.8. The second-order valence-corrected chi connectivity index (χ2v) is 7.34. The predicted molar refractivity (Wildman–Crippen MR) is 79.6 cm³/mol. The van der Waals surface area contributed by atoms with Crippen LogP contribution in [0.1, 0.15) is 40.0 Å². The summed E-state index contributed by atoms with van der Waals surface area (Å²) in [5, 5.41) is 3.60. The van der Waals surface area contributed by atoms with Gasteiger partial charge in [-0.25, -0.2) is 4.39 Å². The van der Waals surface area contributed by atoms with Gasteiger partial charge in [0.2, 0.25) is 0 Å². The Kier molecular flexibility index (Phi) is 3.00. The molecule has 0 aromatic heterocycles. The van der Waals surface area contributed by atoms with E-state index in [1.807, 2.05) is 6.07 Å². The van der Waals surface area contributed by atoms with E-state index in [0.29, 0.717) is 17.2 Å². The second kappa shape index (κ2) is 4.37. The third kappa shape index (κ3) is 1.90. The van der Waals surface area contributed by atoms with Gasteiger partial charge in [0, 0.05) is 17.8 Å². The van der Waals surface area contributed by atoms with E-state index >= 15 is 0 Å². The zero-order valence-corrected chi connectivity index (χ0v) is 12.8. The van der Waals surface area contributed by atoms with Crippen molar-refractivity contribution in [3.63, 3.8) is 0 Å². The van der Waals surface area contributed by atoms with E-state index in [-0.39, 0.29) is 11.2 Å². The van der Waals surface area contributed by atoms with Gasteiger partial charge in [0.1, 0.15) is 0 Å². The number of hydrogen-bond acceptors (Lipinski definition) is 2. The standard InChI is InChI=1S/C17H24FNO/c1-16(2)11-7-8-17(3,10-11)15(16)19-12-5-6-14(20-4)13(18)9-12/h5-6,9,11,15,19H,7-8,10H2,1-4H3. The quantitative estimate of drug-likeness (QED) is 0.880. The number of methoxy groups -OCH3 is 1. The summed E-state index contributed by atoms with van der Waals surface area (Å²) in [6.45, 7) is 7.07. The molecule has 0 saturated heterocycles. The van der Waals surface area contributed by atoms with Gasteiger partial charge in [-0.05, 0) is 48.1 Å².